The van der Waals surface area contributed by atoms with Crippen LogP contribution in [-0.2, 0) is 27.2 Å². The van der Waals surface area contributed by atoms with Gasteiger partial charge in [-0.15, -0.1) is 0 Å². The molecule has 0 heterocycles. The molecule has 34 heavy (non-hydrogen) atoms. The molecule has 0 amide bonds. The van der Waals surface area contributed by atoms with Crippen LogP contribution in [0.1, 0.15) is 64.5 Å². The molecule has 2 atom stereocenters. The van der Waals surface area contributed by atoms with Gasteiger partial charge in [0.15, 0.2) is 0 Å². The van der Waals surface area contributed by atoms with Crippen LogP contribution in [0.25, 0.3) is 0 Å². The van der Waals surface area contributed by atoms with E-state index < -0.39 is 0 Å². The summed E-state index contributed by atoms with van der Waals surface area (Å²) in [6.45, 7) is 8.78. The van der Waals surface area contributed by atoms with Crippen LogP contribution < -0.4 is 15.2 Å². The van der Waals surface area contributed by atoms with Crippen molar-refractivity contribution in [1.82, 2.24) is 0 Å². The van der Waals surface area contributed by atoms with Crippen molar-refractivity contribution in [1.29, 1.82) is 0 Å². The Morgan fingerprint density at radius 2 is 1.38 bits per heavy atom. The molecule has 0 saturated carbocycles. The van der Waals surface area contributed by atoms with E-state index in [0.29, 0.717) is 43.2 Å². The Morgan fingerprint density at radius 3 is 1.94 bits per heavy atom. The molecule has 0 aliphatic carbocycles. The Morgan fingerprint density at radius 1 is 0.794 bits per heavy atom. The third-order valence-corrected chi connectivity index (χ3v) is 5.71. The summed E-state index contributed by atoms with van der Waals surface area (Å²) in [5, 5.41) is 0. The highest BCUT2D eigenvalue weighted by molar-refractivity contribution is 5.75. The van der Waals surface area contributed by atoms with Crippen molar-refractivity contribution in [3.05, 3.63) is 53.6 Å². The average Bonchev–Trinajstić information content (AvgIpc) is 2.81. The smallest absolute Gasteiger partial charge is 0.314 e. The molecule has 2 rings (SSSR count). The van der Waals surface area contributed by atoms with E-state index in [1.807, 2.05) is 44.2 Å². The second-order valence-electron chi connectivity index (χ2n) is 8.50. The summed E-state index contributed by atoms with van der Waals surface area (Å²) in [6.07, 6.45) is 4.46. The van der Waals surface area contributed by atoms with E-state index in [1.165, 1.54) is 0 Å². The topological polar surface area (TPSA) is 87.9 Å². The van der Waals surface area contributed by atoms with Crippen LogP contribution in [-0.4, -0.2) is 25.2 Å². The highest BCUT2D eigenvalue weighted by Crippen LogP contribution is 2.26. The molecule has 2 N–H and O–H groups in total. The van der Waals surface area contributed by atoms with Crippen LogP contribution in [0.15, 0.2) is 42.5 Å². The maximum atomic E-state index is 12.9. The number of ether oxygens (including phenoxy) is 3. The molecule has 2 aromatic carbocycles. The van der Waals surface area contributed by atoms with E-state index in [9.17, 15) is 9.59 Å². The first-order valence-corrected chi connectivity index (χ1v) is 12.4. The molecule has 0 aromatic heterocycles. The van der Waals surface area contributed by atoms with Gasteiger partial charge in [-0.2, -0.15) is 0 Å². The van der Waals surface area contributed by atoms with Gasteiger partial charge in [-0.05, 0) is 74.9 Å². The minimum Gasteiger partial charge on any atom is -0.492 e. The summed E-state index contributed by atoms with van der Waals surface area (Å²) in [5.41, 5.74) is 8.66. The van der Waals surface area contributed by atoms with Crippen LogP contribution in [0.4, 0.5) is 5.69 Å². The van der Waals surface area contributed by atoms with Crippen LogP contribution in [0.2, 0.25) is 0 Å². The molecule has 186 valence electrons. The fourth-order valence-corrected chi connectivity index (χ4v) is 4.04. The summed E-state index contributed by atoms with van der Waals surface area (Å²) in [6, 6.07) is 13.1. The highest BCUT2D eigenvalue weighted by atomic mass is 16.5. The minimum absolute atomic E-state index is 0.155. The number of esters is 2. The molecule has 0 saturated heterocycles. The molecule has 0 aliphatic rings. The van der Waals surface area contributed by atoms with Crippen molar-refractivity contribution in [2.75, 3.05) is 18.9 Å². The Bertz CT molecular complexity index is 910. The van der Waals surface area contributed by atoms with Crippen LogP contribution >= 0.6 is 0 Å². The van der Waals surface area contributed by atoms with Crippen molar-refractivity contribution in [3.8, 4) is 11.5 Å². The molecule has 6 heteroatoms. The molecular weight excluding hydrogens is 430 g/mol. The van der Waals surface area contributed by atoms with Gasteiger partial charge in [-0.3, -0.25) is 9.59 Å². The Hall–Kier alpha value is -3.02. The summed E-state index contributed by atoms with van der Waals surface area (Å²) in [7, 11) is 0. The van der Waals surface area contributed by atoms with Crippen LogP contribution in [0.3, 0.4) is 0 Å². The van der Waals surface area contributed by atoms with Gasteiger partial charge in [0.2, 0.25) is 0 Å². The quantitative estimate of drug-likeness (QED) is 0.215. The molecule has 0 spiro atoms. The maximum absolute atomic E-state index is 12.9. The minimum atomic E-state index is -0.264. The van der Waals surface area contributed by atoms with Crippen LogP contribution in [0.5, 0.6) is 11.5 Å². The summed E-state index contributed by atoms with van der Waals surface area (Å²) in [5.74, 6) is 0.331. The Balaban J connectivity index is 2.02. The number of nitrogens with two attached hydrogens (primary N) is 1. The Labute approximate surface area is 203 Å². The number of benzene rings is 2. The fraction of sp³-hybridized carbons (Fsp3) is 0.500. The first-order valence-electron chi connectivity index (χ1n) is 12.4. The zero-order valence-corrected chi connectivity index (χ0v) is 21.0. The van der Waals surface area contributed by atoms with Crippen molar-refractivity contribution in [2.45, 2.75) is 66.2 Å². The number of hydrogen-bond donors (Lipinski definition) is 1. The van der Waals surface area contributed by atoms with Crippen LogP contribution in [0, 0.1) is 11.8 Å². The lowest BCUT2D eigenvalue weighted by Gasteiger charge is -2.17. The molecule has 0 unspecified atom stereocenters. The molecule has 0 bridgehead atoms. The van der Waals surface area contributed by atoms with Gasteiger partial charge in [0.25, 0.3) is 0 Å². The first-order chi connectivity index (χ1) is 16.4. The van der Waals surface area contributed by atoms with Gasteiger partial charge in [0, 0.05) is 0 Å². The molecule has 2 aromatic rings. The van der Waals surface area contributed by atoms with Gasteiger partial charge < -0.3 is 19.9 Å². The number of carbonyl (C=O) groups excluding carboxylic acids is 2. The van der Waals surface area contributed by atoms with Crippen molar-refractivity contribution >= 4 is 17.6 Å². The predicted molar refractivity (Wildman–Crippen MR) is 135 cm³/mol. The standard InChI is InChI=1S/C28H39NO5/c1-5-9-22(27(30)33-8-4)17-20-11-14-24(15-12-20)34-28(31)23(10-6-2)18-21-13-16-26(32-7-3)25(29)19-21/h11-16,19,22-23H,5-10,17-18,29H2,1-4H3/t22-,23-/m0/s1. The molecule has 0 fully saturated rings. The van der Waals surface area contributed by atoms with Crippen molar-refractivity contribution < 1.29 is 23.8 Å². The third-order valence-electron chi connectivity index (χ3n) is 5.71. The van der Waals surface area contributed by atoms with Gasteiger partial charge in [0.1, 0.15) is 11.5 Å². The third kappa shape index (κ3) is 8.40. The molecule has 0 radical (unpaired) electrons. The van der Waals surface area contributed by atoms with E-state index >= 15 is 0 Å². The van der Waals surface area contributed by atoms with Gasteiger partial charge in [0.05, 0.1) is 30.7 Å². The lowest BCUT2D eigenvalue weighted by molar-refractivity contribution is -0.148. The summed E-state index contributed by atoms with van der Waals surface area (Å²) < 4.78 is 16.4. The first kappa shape index (κ1) is 27.2. The number of hydrogen-bond acceptors (Lipinski definition) is 6. The molecule has 0 aliphatic heterocycles. The molecule has 6 nitrogen and oxygen atoms in total. The summed E-state index contributed by atoms with van der Waals surface area (Å²) >= 11 is 0. The largest absolute Gasteiger partial charge is 0.492 e. The van der Waals surface area contributed by atoms with Gasteiger partial charge in [-0.1, -0.05) is 44.9 Å². The lowest BCUT2D eigenvalue weighted by atomic mass is 9.94. The second kappa shape index (κ2) is 14.3. The van der Waals surface area contributed by atoms with E-state index in [1.54, 1.807) is 12.1 Å². The van der Waals surface area contributed by atoms with E-state index in [-0.39, 0.29) is 23.8 Å². The summed E-state index contributed by atoms with van der Waals surface area (Å²) in [4.78, 5) is 25.1. The molecular formula is C28H39NO5. The monoisotopic (exact) mass is 469 g/mol. The van der Waals surface area contributed by atoms with E-state index in [2.05, 4.69) is 13.8 Å². The average molecular weight is 470 g/mol. The predicted octanol–water partition coefficient (Wildman–Crippen LogP) is 5.75. The highest BCUT2D eigenvalue weighted by Gasteiger charge is 2.22. The second-order valence-corrected chi connectivity index (χ2v) is 8.50. The lowest BCUT2D eigenvalue weighted by Crippen LogP contribution is -2.23. The Kier molecular flexibility index (Phi) is 11.4. The van der Waals surface area contributed by atoms with Crippen molar-refractivity contribution in [2.24, 2.45) is 11.8 Å². The van der Waals surface area contributed by atoms with Crippen molar-refractivity contribution in [3.63, 3.8) is 0 Å². The number of rotatable bonds is 14. The maximum Gasteiger partial charge on any atom is 0.314 e. The van der Waals surface area contributed by atoms with Gasteiger partial charge in [-0.25, -0.2) is 0 Å². The normalized spacial score (nSPS) is 12.6. The van der Waals surface area contributed by atoms with E-state index in [0.717, 1.165) is 36.8 Å². The SMILES string of the molecule is CCC[C@@H](Cc1ccc(OC(=O)[C@@H](CCC)Cc2ccc(OCC)c(N)c2)cc1)C(=O)OCC. The number of anilines is 1. The number of nitrogen functional groups attached to an aromatic ring is 1. The zero-order valence-electron chi connectivity index (χ0n) is 21.0. The van der Waals surface area contributed by atoms with Gasteiger partial charge >= 0.3 is 11.9 Å². The fourth-order valence-electron chi connectivity index (χ4n) is 4.04. The van der Waals surface area contributed by atoms with E-state index in [4.69, 9.17) is 19.9 Å². The zero-order chi connectivity index (χ0) is 24.9. The number of carbonyl (C=O) groups is 2.